The Morgan fingerprint density at radius 2 is 1.81 bits per heavy atom. The zero-order valence-corrected chi connectivity index (χ0v) is 15.3. The zero-order valence-electron chi connectivity index (χ0n) is 15.3. The molecule has 3 amide bonds. The lowest BCUT2D eigenvalue weighted by Crippen LogP contribution is -2.48. The van der Waals surface area contributed by atoms with Crippen molar-refractivity contribution in [3.63, 3.8) is 0 Å². The first-order valence-electron chi connectivity index (χ1n) is 9.26. The molecule has 2 aliphatic rings. The van der Waals surface area contributed by atoms with Crippen molar-refractivity contribution < 1.29 is 14.4 Å². The highest BCUT2D eigenvalue weighted by molar-refractivity contribution is 6.11. The van der Waals surface area contributed by atoms with Crippen LogP contribution in [0.2, 0.25) is 0 Å². The minimum Gasteiger partial charge on any atom is -0.323 e. The normalized spacial score (nSPS) is 18.8. The van der Waals surface area contributed by atoms with E-state index in [2.05, 4.69) is 10.4 Å². The standard InChI is InChI=1S/C20H22N4O3/c1-23-16(9-12-21-23)14-5-7-15(8-6-14)17(25)13-24-18(26)20(22-19(24)27)10-3-2-4-11-20/h5-9,12H,2-4,10-11,13H2,1H3,(H,22,27). The highest BCUT2D eigenvalue weighted by Gasteiger charge is 2.51. The molecule has 27 heavy (non-hydrogen) atoms. The molecule has 1 aliphatic heterocycles. The Hall–Kier alpha value is -2.96. The number of carbonyl (C=O) groups is 3. The van der Waals surface area contributed by atoms with Crippen LogP contribution in [0.1, 0.15) is 42.5 Å². The molecule has 1 aromatic carbocycles. The van der Waals surface area contributed by atoms with Crippen molar-refractivity contribution in [3.8, 4) is 11.3 Å². The van der Waals surface area contributed by atoms with E-state index in [0.717, 1.165) is 35.4 Å². The lowest BCUT2D eigenvalue weighted by Gasteiger charge is -2.30. The molecule has 1 aromatic heterocycles. The molecule has 7 heteroatoms. The predicted molar refractivity (Wildman–Crippen MR) is 99.0 cm³/mol. The van der Waals surface area contributed by atoms with Gasteiger partial charge < -0.3 is 5.32 Å². The van der Waals surface area contributed by atoms with Gasteiger partial charge in [0.05, 0.1) is 12.2 Å². The van der Waals surface area contributed by atoms with Crippen molar-refractivity contribution in [1.29, 1.82) is 0 Å². The molecule has 1 aliphatic carbocycles. The van der Waals surface area contributed by atoms with E-state index in [-0.39, 0.29) is 18.2 Å². The SMILES string of the molecule is Cn1nccc1-c1ccc(C(=O)CN2C(=O)NC3(CCCCC3)C2=O)cc1. The Kier molecular flexibility index (Phi) is 4.30. The molecule has 0 atom stereocenters. The summed E-state index contributed by atoms with van der Waals surface area (Å²) in [5, 5.41) is 6.97. The maximum atomic E-state index is 12.8. The fourth-order valence-electron chi connectivity index (χ4n) is 4.03. The third kappa shape index (κ3) is 3.03. The highest BCUT2D eigenvalue weighted by Crippen LogP contribution is 2.33. The lowest BCUT2D eigenvalue weighted by molar-refractivity contribution is -0.132. The molecule has 2 fully saturated rings. The van der Waals surface area contributed by atoms with Crippen molar-refractivity contribution in [2.75, 3.05) is 6.54 Å². The van der Waals surface area contributed by atoms with Crippen molar-refractivity contribution in [1.82, 2.24) is 20.0 Å². The number of Topliss-reactive ketones (excluding diaryl/α,β-unsaturated/α-hetero) is 1. The summed E-state index contributed by atoms with van der Waals surface area (Å²) in [7, 11) is 1.85. The summed E-state index contributed by atoms with van der Waals surface area (Å²) in [5.41, 5.74) is 1.58. The maximum Gasteiger partial charge on any atom is 0.325 e. The molecule has 140 valence electrons. The second-order valence-electron chi connectivity index (χ2n) is 7.30. The predicted octanol–water partition coefficient (Wildman–Crippen LogP) is 2.52. The average molecular weight is 366 g/mol. The van der Waals surface area contributed by atoms with Gasteiger partial charge in [-0.25, -0.2) is 4.79 Å². The largest absolute Gasteiger partial charge is 0.325 e. The molecule has 4 rings (SSSR count). The molecule has 0 unspecified atom stereocenters. The average Bonchev–Trinajstić information content (AvgIpc) is 3.20. The number of amides is 3. The van der Waals surface area contributed by atoms with Crippen LogP contribution in [0.4, 0.5) is 4.79 Å². The van der Waals surface area contributed by atoms with Gasteiger partial charge in [0.1, 0.15) is 5.54 Å². The molecule has 2 aromatic rings. The Labute approximate surface area is 157 Å². The van der Waals surface area contributed by atoms with Gasteiger partial charge >= 0.3 is 6.03 Å². The molecular formula is C20H22N4O3. The topological polar surface area (TPSA) is 84.3 Å². The Balaban J connectivity index is 1.48. The number of rotatable bonds is 4. The van der Waals surface area contributed by atoms with Crippen LogP contribution >= 0.6 is 0 Å². The highest BCUT2D eigenvalue weighted by atomic mass is 16.2. The van der Waals surface area contributed by atoms with Crippen LogP contribution in [0.25, 0.3) is 11.3 Å². The number of nitrogens with zero attached hydrogens (tertiary/aromatic N) is 3. The number of hydrogen-bond acceptors (Lipinski definition) is 4. The maximum absolute atomic E-state index is 12.8. The van der Waals surface area contributed by atoms with Gasteiger partial charge in [-0.1, -0.05) is 43.5 Å². The van der Waals surface area contributed by atoms with Gasteiger partial charge in [0.25, 0.3) is 5.91 Å². The Bertz CT molecular complexity index is 894. The first kappa shape index (κ1) is 17.5. The summed E-state index contributed by atoms with van der Waals surface area (Å²) in [4.78, 5) is 38.8. The molecule has 2 heterocycles. The van der Waals surface area contributed by atoms with E-state index >= 15 is 0 Å². The Morgan fingerprint density at radius 3 is 2.44 bits per heavy atom. The third-order valence-electron chi connectivity index (χ3n) is 5.58. The molecular weight excluding hydrogens is 344 g/mol. The number of ketones is 1. The van der Waals surface area contributed by atoms with E-state index in [1.165, 1.54) is 0 Å². The summed E-state index contributed by atoms with van der Waals surface area (Å²) in [6.07, 6.45) is 5.94. The van der Waals surface area contributed by atoms with Crippen LogP contribution in [-0.2, 0) is 11.8 Å². The van der Waals surface area contributed by atoms with Gasteiger partial charge in [0.2, 0.25) is 0 Å². The fourth-order valence-corrected chi connectivity index (χ4v) is 4.03. The molecule has 0 radical (unpaired) electrons. The van der Waals surface area contributed by atoms with E-state index in [1.54, 1.807) is 23.0 Å². The van der Waals surface area contributed by atoms with Crippen molar-refractivity contribution in [3.05, 3.63) is 42.1 Å². The fraction of sp³-hybridized carbons (Fsp3) is 0.400. The minimum atomic E-state index is -0.793. The monoisotopic (exact) mass is 366 g/mol. The van der Waals surface area contributed by atoms with Gasteiger partial charge in [0.15, 0.2) is 5.78 Å². The number of nitrogens with one attached hydrogen (secondary N) is 1. The zero-order chi connectivity index (χ0) is 19.0. The van der Waals surface area contributed by atoms with E-state index < -0.39 is 11.6 Å². The molecule has 7 nitrogen and oxygen atoms in total. The number of imide groups is 1. The van der Waals surface area contributed by atoms with Gasteiger partial charge in [0, 0.05) is 18.8 Å². The first-order chi connectivity index (χ1) is 13.0. The summed E-state index contributed by atoms with van der Waals surface area (Å²) < 4.78 is 1.76. The van der Waals surface area contributed by atoms with Gasteiger partial charge in [-0.15, -0.1) is 0 Å². The smallest absolute Gasteiger partial charge is 0.323 e. The van der Waals surface area contributed by atoms with Gasteiger partial charge in [-0.2, -0.15) is 5.10 Å². The molecule has 1 spiro atoms. The quantitative estimate of drug-likeness (QED) is 0.666. The van der Waals surface area contributed by atoms with Crippen LogP contribution in [-0.4, -0.2) is 44.5 Å². The Morgan fingerprint density at radius 1 is 1.11 bits per heavy atom. The van der Waals surface area contributed by atoms with Crippen LogP contribution in [0.5, 0.6) is 0 Å². The second kappa shape index (κ2) is 6.64. The van der Waals surface area contributed by atoms with Crippen molar-refractivity contribution in [2.45, 2.75) is 37.6 Å². The third-order valence-corrected chi connectivity index (χ3v) is 5.58. The number of carbonyl (C=O) groups excluding carboxylic acids is 3. The molecule has 1 saturated heterocycles. The molecule has 0 bridgehead atoms. The van der Waals surface area contributed by atoms with Crippen molar-refractivity contribution >= 4 is 17.7 Å². The summed E-state index contributed by atoms with van der Waals surface area (Å²) in [5.74, 6) is -0.505. The number of benzene rings is 1. The summed E-state index contributed by atoms with van der Waals surface area (Å²) in [6, 6.07) is 8.58. The second-order valence-corrected chi connectivity index (χ2v) is 7.30. The lowest BCUT2D eigenvalue weighted by atomic mass is 9.82. The van der Waals surface area contributed by atoms with Crippen LogP contribution in [0.15, 0.2) is 36.5 Å². The number of aryl methyl sites for hydroxylation is 1. The van der Waals surface area contributed by atoms with Gasteiger partial charge in [-0.05, 0) is 24.5 Å². The van der Waals surface area contributed by atoms with Crippen molar-refractivity contribution in [2.24, 2.45) is 7.05 Å². The number of hydrogen-bond donors (Lipinski definition) is 1. The first-order valence-corrected chi connectivity index (χ1v) is 9.26. The number of urea groups is 1. The van der Waals surface area contributed by atoms with Crippen LogP contribution in [0, 0.1) is 0 Å². The van der Waals surface area contributed by atoms with Crippen LogP contribution in [0.3, 0.4) is 0 Å². The van der Waals surface area contributed by atoms with E-state index in [0.29, 0.717) is 18.4 Å². The van der Waals surface area contributed by atoms with E-state index in [9.17, 15) is 14.4 Å². The summed E-state index contributed by atoms with van der Waals surface area (Å²) in [6.45, 7) is -0.225. The number of aromatic nitrogens is 2. The summed E-state index contributed by atoms with van der Waals surface area (Å²) >= 11 is 0. The van der Waals surface area contributed by atoms with E-state index in [1.807, 2.05) is 25.2 Å². The van der Waals surface area contributed by atoms with Gasteiger partial charge in [-0.3, -0.25) is 19.2 Å². The minimum absolute atomic E-state index is 0.225. The van der Waals surface area contributed by atoms with Crippen LogP contribution < -0.4 is 5.32 Å². The molecule has 1 saturated carbocycles. The van der Waals surface area contributed by atoms with E-state index in [4.69, 9.17) is 0 Å². The molecule has 1 N–H and O–H groups in total.